The number of halogens is 1. The van der Waals surface area contributed by atoms with Crippen LogP contribution in [0.5, 0.6) is 5.75 Å². The molecule has 1 aliphatic rings. The molecule has 0 bridgehead atoms. The number of sulfonamides is 1. The van der Waals surface area contributed by atoms with E-state index in [2.05, 4.69) is 26.0 Å². The van der Waals surface area contributed by atoms with Gasteiger partial charge in [0.15, 0.2) is 6.61 Å². The summed E-state index contributed by atoms with van der Waals surface area (Å²) in [7, 11) is -2.36. The minimum atomic E-state index is -3.91. The van der Waals surface area contributed by atoms with Crippen LogP contribution >= 0.6 is 11.6 Å². The Morgan fingerprint density at radius 1 is 0.957 bits per heavy atom. The molecule has 1 heterocycles. The van der Waals surface area contributed by atoms with Gasteiger partial charge in [-0.25, -0.2) is 13.2 Å². The van der Waals surface area contributed by atoms with E-state index in [0.29, 0.717) is 22.8 Å². The fraction of sp³-hybridized carbons (Fsp3) is 0.324. The zero-order valence-corrected chi connectivity index (χ0v) is 27.8. The van der Waals surface area contributed by atoms with Crippen molar-refractivity contribution in [2.45, 2.75) is 56.3 Å². The molecule has 46 heavy (non-hydrogen) atoms. The molecular formula is C37H40ClNO6S. The first-order valence-corrected chi connectivity index (χ1v) is 17.3. The molecule has 0 aliphatic carbocycles. The molecule has 242 valence electrons. The predicted molar refractivity (Wildman–Crippen MR) is 180 cm³/mol. The van der Waals surface area contributed by atoms with Crippen molar-refractivity contribution in [1.29, 1.82) is 0 Å². The first-order valence-electron chi connectivity index (χ1n) is 15.5. The van der Waals surface area contributed by atoms with E-state index in [1.54, 1.807) is 19.2 Å². The third-order valence-electron chi connectivity index (χ3n) is 8.71. The number of ether oxygens (including phenoxy) is 2. The summed E-state index contributed by atoms with van der Waals surface area (Å²) >= 11 is 6.25. The number of carbonyl (C=O) groups is 1. The van der Waals surface area contributed by atoms with Gasteiger partial charge in [0.05, 0.1) is 17.1 Å². The quantitative estimate of drug-likeness (QED) is 0.167. The monoisotopic (exact) mass is 661 g/mol. The second-order valence-corrected chi connectivity index (χ2v) is 14.7. The minimum Gasteiger partial charge on any atom is -0.482 e. The Bertz CT molecular complexity index is 1710. The Balaban J connectivity index is 1.57. The standard InChI is InChI=1S/C37H40ClNO6S/c1-25(2)31-22-32(28-14-16-29(38)17-15-28)35(20-26-10-6-4-7-11-26)45-37(31)33-21-30(18-19-34(33)44-24-36(40)41)46(42,43)39(3)23-27-12-8-5-9-13-27/h4-19,21,25,31-32,35,37H,20,22-24H2,1-3H3,(H,40,41)/t31-,32-,35+,37+/m0/s1. The third kappa shape index (κ3) is 7.99. The molecule has 0 radical (unpaired) electrons. The molecule has 1 N–H and O–H groups in total. The summed E-state index contributed by atoms with van der Waals surface area (Å²) in [6.45, 7) is 3.89. The lowest BCUT2D eigenvalue weighted by atomic mass is 9.72. The van der Waals surface area contributed by atoms with Crippen molar-refractivity contribution in [3.05, 3.63) is 130 Å². The molecule has 5 rings (SSSR count). The van der Waals surface area contributed by atoms with E-state index in [9.17, 15) is 18.3 Å². The van der Waals surface area contributed by atoms with Gasteiger partial charge in [-0.05, 0) is 71.7 Å². The molecule has 4 aromatic carbocycles. The van der Waals surface area contributed by atoms with Gasteiger partial charge >= 0.3 is 5.97 Å². The zero-order valence-electron chi connectivity index (χ0n) is 26.3. The summed E-state index contributed by atoms with van der Waals surface area (Å²) in [6, 6.07) is 32.0. The smallest absolute Gasteiger partial charge is 0.341 e. The summed E-state index contributed by atoms with van der Waals surface area (Å²) in [4.78, 5) is 11.6. The Morgan fingerprint density at radius 2 is 1.59 bits per heavy atom. The normalized spacial score (nSPS) is 20.1. The predicted octanol–water partition coefficient (Wildman–Crippen LogP) is 7.75. The molecule has 1 saturated heterocycles. The van der Waals surface area contributed by atoms with Crippen LogP contribution in [0.25, 0.3) is 0 Å². The van der Waals surface area contributed by atoms with E-state index in [0.717, 1.165) is 23.1 Å². The Labute approximate surface area is 276 Å². The van der Waals surface area contributed by atoms with Gasteiger partial charge < -0.3 is 14.6 Å². The molecule has 1 aliphatic heterocycles. The van der Waals surface area contributed by atoms with Gasteiger partial charge in [0.2, 0.25) is 10.0 Å². The average molecular weight is 662 g/mol. The van der Waals surface area contributed by atoms with Crippen LogP contribution in [-0.4, -0.2) is 43.6 Å². The molecule has 0 saturated carbocycles. The molecule has 4 aromatic rings. The second-order valence-electron chi connectivity index (χ2n) is 12.2. The number of benzene rings is 4. The maximum absolute atomic E-state index is 13.9. The number of aliphatic carboxylic acids is 1. The highest BCUT2D eigenvalue weighted by Crippen LogP contribution is 2.49. The largest absolute Gasteiger partial charge is 0.482 e. The maximum atomic E-state index is 13.9. The number of rotatable bonds is 12. The highest BCUT2D eigenvalue weighted by molar-refractivity contribution is 7.89. The fourth-order valence-electron chi connectivity index (χ4n) is 6.26. The van der Waals surface area contributed by atoms with E-state index in [1.165, 1.54) is 10.4 Å². The van der Waals surface area contributed by atoms with Crippen LogP contribution in [0.2, 0.25) is 5.02 Å². The van der Waals surface area contributed by atoms with Gasteiger partial charge in [0.1, 0.15) is 5.75 Å². The number of hydrogen-bond acceptors (Lipinski definition) is 5. The molecule has 0 amide bonds. The van der Waals surface area contributed by atoms with Gasteiger partial charge in [-0.2, -0.15) is 4.31 Å². The van der Waals surface area contributed by atoms with Crippen molar-refractivity contribution in [2.24, 2.45) is 11.8 Å². The van der Waals surface area contributed by atoms with Gasteiger partial charge in [-0.3, -0.25) is 0 Å². The lowest BCUT2D eigenvalue weighted by molar-refractivity contribution is -0.139. The van der Waals surface area contributed by atoms with Crippen LogP contribution in [0.3, 0.4) is 0 Å². The van der Waals surface area contributed by atoms with Crippen LogP contribution in [0.4, 0.5) is 0 Å². The Kier molecular flexibility index (Phi) is 10.8. The van der Waals surface area contributed by atoms with Crippen molar-refractivity contribution in [1.82, 2.24) is 4.31 Å². The first-order chi connectivity index (χ1) is 22.0. The molecule has 9 heteroatoms. The molecule has 0 unspecified atom stereocenters. The molecule has 0 aromatic heterocycles. The summed E-state index contributed by atoms with van der Waals surface area (Å²) < 4.78 is 41.9. The first kappa shape index (κ1) is 33.7. The lowest BCUT2D eigenvalue weighted by Crippen LogP contribution is -2.39. The number of hydrogen-bond donors (Lipinski definition) is 1. The SMILES string of the molecule is CC(C)[C@@H]1C[C@@H](c2ccc(Cl)cc2)[C@@H](Cc2ccccc2)O[C@H]1c1cc(S(=O)(=O)N(C)Cc2ccccc2)ccc1OCC(=O)O. The summed E-state index contributed by atoms with van der Waals surface area (Å²) in [5.41, 5.74) is 3.63. The van der Waals surface area contributed by atoms with Gasteiger partial charge in [0.25, 0.3) is 0 Å². The lowest BCUT2D eigenvalue weighted by Gasteiger charge is -2.44. The number of carboxylic acids is 1. The van der Waals surface area contributed by atoms with Gasteiger partial charge in [-0.1, -0.05) is 98.2 Å². The zero-order chi connectivity index (χ0) is 32.8. The molecule has 4 atom stereocenters. The van der Waals surface area contributed by atoms with Crippen molar-refractivity contribution < 1.29 is 27.8 Å². The topological polar surface area (TPSA) is 93.1 Å². The Hall–Kier alpha value is -3.69. The minimum absolute atomic E-state index is 0.0279. The molecule has 0 spiro atoms. The molecule has 1 fully saturated rings. The fourth-order valence-corrected chi connectivity index (χ4v) is 7.58. The molecular weight excluding hydrogens is 622 g/mol. The van der Waals surface area contributed by atoms with Crippen molar-refractivity contribution in [3.8, 4) is 5.75 Å². The van der Waals surface area contributed by atoms with Gasteiger partial charge in [-0.15, -0.1) is 0 Å². The van der Waals surface area contributed by atoms with Crippen LogP contribution in [0.1, 0.15) is 54.5 Å². The highest BCUT2D eigenvalue weighted by atomic mass is 35.5. The van der Waals surface area contributed by atoms with Crippen LogP contribution in [0, 0.1) is 11.8 Å². The van der Waals surface area contributed by atoms with Crippen LogP contribution in [-0.2, 0) is 32.5 Å². The van der Waals surface area contributed by atoms with Gasteiger partial charge in [0, 0.05) is 30.1 Å². The van der Waals surface area contributed by atoms with Crippen molar-refractivity contribution in [3.63, 3.8) is 0 Å². The Morgan fingerprint density at radius 3 is 2.20 bits per heavy atom. The van der Waals surface area contributed by atoms with Crippen LogP contribution < -0.4 is 4.74 Å². The number of carboxylic acid groups (broad SMARTS) is 1. The second kappa shape index (κ2) is 14.8. The van der Waals surface area contributed by atoms with E-state index in [-0.39, 0.29) is 35.3 Å². The van der Waals surface area contributed by atoms with E-state index < -0.39 is 28.7 Å². The van der Waals surface area contributed by atoms with Crippen molar-refractivity contribution in [2.75, 3.05) is 13.7 Å². The maximum Gasteiger partial charge on any atom is 0.341 e. The van der Waals surface area contributed by atoms with E-state index in [1.807, 2.05) is 72.8 Å². The third-order valence-corrected chi connectivity index (χ3v) is 10.8. The summed E-state index contributed by atoms with van der Waals surface area (Å²) in [6.07, 6.45) is 0.607. The van der Waals surface area contributed by atoms with Crippen LogP contribution in [0.15, 0.2) is 108 Å². The summed E-state index contributed by atoms with van der Waals surface area (Å²) in [5.74, 6) is -0.648. The van der Waals surface area contributed by atoms with E-state index >= 15 is 0 Å². The van der Waals surface area contributed by atoms with E-state index in [4.69, 9.17) is 21.1 Å². The van der Waals surface area contributed by atoms with Crippen molar-refractivity contribution >= 4 is 27.6 Å². The highest BCUT2D eigenvalue weighted by Gasteiger charge is 2.42. The molecule has 7 nitrogen and oxygen atoms in total. The average Bonchev–Trinajstić information content (AvgIpc) is 3.04. The number of nitrogens with zero attached hydrogens (tertiary/aromatic N) is 1. The summed E-state index contributed by atoms with van der Waals surface area (Å²) in [5, 5.41) is 10.1.